The van der Waals surface area contributed by atoms with Crippen LogP contribution in [-0.4, -0.2) is 20.9 Å². The van der Waals surface area contributed by atoms with Crippen LogP contribution in [0, 0.1) is 18.8 Å². The van der Waals surface area contributed by atoms with Gasteiger partial charge in [0.2, 0.25) is 0 Å². The first kappa shape index (κ1) is 16.3. The number of anilines is 1. The van der Waals surface area contributed by atoms with E-state index in [1.54, 1.807) is 47.4 Å². The van der Waals surface area contributed by atoms with Gasteiger partial charge < -0.3 is 4.74 Å². The van der Waals surface area contributed by atoms with E-state index < -0.39 is 6.09 Å². The van der Waals surface area contributed by atoms with Crippen LogP contribution in [-0.2, 0) is 7.05 Å². The third kappa shape index (κ3) is 4.45. The van der Waals surface area contributed by atoms with Crippen LogP contribution in [0.2, 0.25) is 0 Å². The van der Waals surface area contributed by atoms with Crippen LogP contribution in [0.1, 0.15) is 16.8 Å². The number of ether oxygens (including phenoxy) is 1. The standard InChI is InChI=1S/C19H16N4O2/c1-14-16(9-8-15-11-21-23(2)13-15)10-17(12-20-14)22-19(24)25-18-6-4-3-5-7-18/h3-7,10-13H,1-2H3,(H,22,24). The zero-order chi connectivity index (χ0) is 17.6. The van der Waals surface area contributed by atoms with Crippen molar-refractivity contribution in [3.8, 4) is 17.6 Å². The fraction of sp³-hybridized carbons (Fsp3) is 0.105. The highest BCUT2D eigenvalue weighted by molar-refractivity contribution is 5.86. The predicted molar refractivity (Wildman–Crippen MR) is 94.3 cm³/mol. The van der Waals surface area contributed by atoms with Gasteiger partial charge in [-0.1, -0.05) is 30.0 Å². The molecule has 6 heteroatoms. The van der Waals surface area contributed by atoms with Crippen molar-refractivity contribution in [3.63, 3.8) is 0 Å². The van der Waals surface area contributed by atoms with Gasteiger partial charge in [0.05, 0.1) is 29.3 Å². The van der Waals surface area contributed by atoms with E-state index >= 15 is 0 Å². The number of para-hydroxylation sites is 1. The Morgan fingerprint density at radius 2 is 2.00 bits per heavy atom. The number of carbonyl (C=O) groups excluding carboxylic acids is 1. The molecular weight excluding hydrogens is 316 g/mol. The van der Waals surface area contributed by atoms with Crippen molar-refractivity contribution in [3.05, 3.63) is 71.8 Å². The molecular formula is C19H16N4O2. The molecule has 1 amide bonds. The largest absolute Gasteiger partial charge is 0.417 e. The van der Waals surface area contributed by atoms with Gasteiger partial charge >= 0.3 is 6.09 Å². The van der Waals surface area contributed by atoms with Crippen molar-refractivity contribution in [1.29, 1.82) is 0 Å². The molecule has 0 radical (unpaired) electrons. The molecule has 0 unspecified atom stereocenters. The molecule has 0 aliphatic rings. The molecule has 0 saturated carbocycles. The smallest absolute Gasteiger partial charge is 0.410 e. The zero-order valence-electron chi connectivity index (χ0n) is 13.9. The molecule has 0 saturated heterocycles. The molecule has 0 fully saturated rings. The fourth-order valence-electron chi connectivity index (χ4n) is 2.09. The number of pyridine rings is 1. The number of hydrogen-bond acceptors (Lipinski definition) is 4. The number of rotatable bonds is 2. The lowest BCUT2D eigenvalue weighted by atomic mass is 10.2. The van der Waals surface area contributed by atoms with Gasteiger partial charge in [-0.2, -0.15) is 5.10 Å². The highest BCUT2D eigenvalue weighted by Gasteiger charge is 2.07. The maximum Gasteiger partial charge on any atom is 0.417 e. The summed E-state index contributed by atoms with van der Waals surface area (Å²) in [6, 6.07) is 10.6. The topological polar surface area (TPSA) is 69.0 Å². The second-order valence-electron chi connectivity index (χ2n) is 5.34. The molecule has 0 aliphatic heterocycles. The van der Waals surface area contributed by atoms with Crippen LogP contribution >= 0.6 is 0 Å². The highest BCUT2D eigenvalue weighted by atomic mass is 16.6. The maximum absolute atomic E-state index is 12.0. The van der Waals surface area contributed by atoms with Crippen LogP contribution in [0.25, 0.3) is 0 Å². The van der Waals surface area contributed by atoms with Crippen molar-refractivity contribution < 1.29 is 9.53 Å². The molecule has 0 atom stereocenters. The SMILES string of the molecule is Cc1ncc(NC(=O)Oc2ccccc2)cc1C#Cc1cnn(C)c1. The van der Waals surface area contributed by atoms with Gasteiger partial charge in [0.1, 0.15) is 5.75 Å². The first-order valence-corrected chi connectivity index (χ1v) is 7.61. The Kier molecular flexibility index (Phi) is 4.77. The summed E-state index contributed by atoms with van der Waals surface area (Å²) in [5.41, 5.74) is 2.82. The molecule has 6 nitrogen and oxygen atoms in total. The van der Waals surface area contributed by atoms with Crippen molar-refractivity contribution in [2.75, 3.05) is 5.32 Å². The summed E-state index contributed by atoms with van der Waals surface area (Å²) in [5, 5.41) is 6.73. The lowest BCUT2D eigenvalue weighted by Crippen LogP contribution is -2.17. The van der Waals surface area contributed by atoms with Gasteiger partial charge in [0, 0.05) is 18.8 Å². The minimum absolute atomic E-state index is 0.469. The van der Waals surface area contributed by atoms with Crippen molar-refractivity contribution in [2.24, 2.45) is 7.05 Å². The van der Waals surface area contributed by atoms with Gasteiger partial charge in [-0.05, 0) is 25.1 Å². The third-order valence-corrected chi connectivity index (χ3v) is 3.33. The van der Waals surface area contributed by atoms with E-state index in [0.717, 1.165) is 16.8 Å². The van der Waals surface area contributed by atoms with Gasteiger partial charge in [0.15, 0.2) is 0 Å². The lowest BCUT2D eigenvalue weighted by Gasteiger charge is -2.07. The first-order chi connectivity index (χ1) is 12.1. The third-order valence-electron chi connectivity index (χ3n) is 3.33. The molecule has 0 bridgehead atoms. The summed E-state index contributed by atoms with van der Waals surface area (Å²) in [6.45, 7) is 1.86. The maximum atomic E-state index is 12.0. The molecule has 2 heterocycles. The van der Waals surface area contributed by atoms with Crippen LogP contribution in [0.5, 0.6) is 5.75 Å². The average Bonchev–Trinajstić information content (AvgIpc) is 3.01. The van der Waals surface area contributed by atoms with Crippen LogP contribution < -0.4 is 10.1 Å². The Bertz CT molecular complexity index is 952. The summed E-state index contributed by atoms with van der Waals surface area (Å²) < 4.78 is 6.88. The summed E-state index contributed by atoms with van der Waals surface area (Å²) in [7, 11) is 1.83. The van der Waals surface area contributed by atoms with Crippen LogP contribution in [0.3, 0.4) is 0 Å². The van der Waals surface area contributed by atoms with Gasteiger partial charge in [-0.15, -0.1) is 0 Å². The molecule has 0 aliphatic carbocycles. The van der Waals surface area contributed by atoms with E-state index in [0.29, 0.717) is 11.4 Å². The minimum atomic E-state index is -0.581. The number of nitrogens with one attached hydrogen (secondary N) is 1. The molecule has 25 heavy (non-hydrogen) atoms. The molecule has 1 aromatic carbocycles. The second kappa shape index (κ2) is 7.32. The van der Waals surface area contributed by atoms with Gasteiger partial charge in [-0.3, -0.25) is 15.0 Å². The summed E-state index contributed by atoms with van der Waals surface area (Å²) in [4.78, 5) is 16.2. The Morgan fingerprint density at radius 1 is 1.20 bits per heavy atom. The predicted octanol–water partition coefficient (Wildman–Crippen LogP) is 3.13. The zero-order valence-corrected chi connectivity index (χ0v) is 13.9. The van der Waals surface area contributed by atoms with E-state index in [2.05, 4.69) is 27.2 Å². The second-order valence-corrected chi connectivity index (χ2v) is 5.34. The van der Waals surface area contributed by atoms with Crippen LogP contribution in [0.4, 0.5) is 10.5 Å². The number of hydrogen-bond donors (Lipinski definition) is 1. The summed E-state index contributed by atoms with van der Waals surface area (Å²) in [6.07, 6.45) is 4.50. The van der Waals surface area contributed by atoms with E-state index in [1.165, 1.54) is 0 Å². The number of benzene rings is 1. The van der Waals surface area contributed by atoms with Gasteiger partial charge in [-0.25, -0.2) is 4.79 Å². The fourth-order valence-corrected chi connectivity index (χ4v) is 2.09. The number of nitrogens with zero attached hydrogens (tertiary/aromatic N) is 3. The van der Waals surface area contributed by atoms with E-state index in [4.69, 9.17) is 4.74 Å². The lowest BCUT2D eigenvalue weighted by molar-refractivity contribution is 0.215. The summed E-state index contributed by atoms with van der Waals surface area (Å²) >= 11 is 0. The van der Waals surface area contributed by atoms with E-state index in [1.807, 2.05) is 26.2 Å². The number of aryl methyl sites for hydroxylation is 2. The number of aromatic nitrogens is 3. The average molecular weight is 332 g/mol. The summed E-state index contributed by atoms with van der Waals surface area (Å²) in [5.74, 6) is 6.54. The van der Waals surface area contributed by atoms with Crippen molar-refractivity contribution >= 4 is 11.8 Å². The monoisotopic (exact) mass is 332 g/mol. The van der Waals surface area contributed by atoms with E-state index in [-0.39, 0.29) is 0 Å². The quantitative estimate of drug-likeness (QED) is 0.732. The van der Waals surface area contributed by atoms with Crippen molar-refractivity contribution in [1.82, 2.24) is 14.8 Å². The Morgan fingerprint density at radius 3 is 2.72 bits per heavy atom. The van der Waals surface area contributed by atoms with Gasteiger partial charge in [0.25, 0.3) is 0 Å². The van der Waals surface area contributed by atoms with E-state index in [9.17, 15) is 4.79 Å². The Hall–Kier alpha value is -3.59. The normalized spacial score (nSPS) is 9.84. The molecule has 124 valence electrons. The molecule has 3 aromatic rings. The minimum Gasteiger partial charge on any atom is -0.410 e. The van der Waals surface area contributed by atoms with Crippen molar-refractivity contribution in [2.45, 2.75) is 6.92 Å². The Labute approximate surface area is 145 Å². The molecule has 0 spiro atoms. The molecule has 1 N–H and O–H groups in total. The highest BCUT2D eigenvalue weighted by Crippen LogP contribution is 2.14. The number of carbonyl (C=O) groups is 1. The van der Waals surface area contributed by atoms with Crippen LogP contribution in [0.15, 0.2) is 55.0 Å². The first-order valence-electron chi connectivity index (χ1n) is 7.61. The molecule has 2 aromatic heterocycles. The number of amides is 1. The Balaban J connectivity index is 1.73. The molecule has 3 rings (SSSR count).